The van der Waals surface area contributed by atoms with E-state index < -0.39 is 0 Å². The van der Waals surface area contributed by atoms with Gasteiger partial charge in [-0.05, 0) is 11.6 Å². The quantitative estimate of drug-likeness (QED) is 0.545. The van der Waals surface area contributed by atoms with Crippen LogP contribution < -0.4 is 5.32 Å². The number of benzene rings is 2. The van der Waals surface area contributed by atoms with E-state index >= 15 is 0 Å². The third-order valence-corrected chi connectivity index (χ3v) is 4.83. The number of hydrogen-bond acceptors (Lipinski definition) is 4. The van der Waals surface area contributed by atoms with Crippen LogP contribution in [-0.4, -0.2) is 10.9 Å². The maximum atomic E-state index is 12.5. The number of rotatable bonds is 5. The molecule has 4 nitrogen and oxygen atoms in total. The number of furan rings is 1. The Kier molecular flexibility index (Phi) is 4.62. The smallest absolute Gasteiger partial charge is 0.287 e. The molecule has 128 valence electrons. The zero-order valence-corrected chi connectivity index (χ0v) is 14.7. The molecule has 0 atom stereocenters. The van der Waals surface area contributed by atoms with Crippen LogP contribution in [0.3, 0.4) is 0 Å². The minimum atomic E-state index is -0.245. The lowest BCUT2D eigenvalue weighted by Gasteiger charge is -2.04. The average Bonchev–Trinajstić information content (AvgIpc) is 3.37. The zero-order valence-electron chi connectivity index (χ0n) is 13.9. The Balaban J connectivity index is 1.46. The van der Waals surface area contributed by atoms with Crippen molar-refractivity contribution in [3.05, 3.63) is 89.1 Å². The number of carbonyl (C=O) groups excluding carboxylic acids is 1. The van der Waals surface area contributed by atoms with E-state index in [-0.39, 0.29) is 5.91 Å². The summed E-state index contributed by atoms with van der Waals surface area (Å²) in [6.45, 7) is 0.366. The Bertz CT molecular complexity index is 1010. The summed E-state index contributed by atoms with van der Waals surface area (Å²) in [6.07, 6.45) is 1.54. The maximum Gasteiger partial charge on any atom is 0.287 e. The summed E-state index contributed by atoms with van der Waals surface area (Å²) in [5.41, 5.74) is 3.72. The lowest BCUT2D eigenvalue weighted by molar-refractivity contribution is 0.0924. The van der Waals surface area contributed by atoms with Gasteiger partial charge in [0.05, 0.1) is 18.5 Å². The summed E-state index contributed by atoms with van der Waals surface area (Å²) >= 11 is 1.53. The van der Waals surface area contributed by atoms with E-state index in [0.29, 0.717) is 12.3 Å². The molecule has 0 aliphatic heterocycles. The minimum Gasteiger partial charge on any atom is -0.459 e. The molecule has 2 heterocycles. The Morgan fingerprint density at radius 3 is 2.38 bits per heavy atom. The van der Waals surface area contributed by atoms with Gasteiger partial charge >= 0.3 is 0 Å². The summed E-state index contributed by atoms with van der Waals surface area (Å²) in [7, 11) is 0. The van der Waals surface area contributed by atoms with E-state index in [1.807, 2.05) is 66.0 Å². The van der Waals surface area contributed by atoms with Gasteiger partial charge in [-0.25, -0.2) is 4.98 Å². The number of hydrogen-bond donors (Lipinski definition) is 1. The van der Waals surface area contributed by atoms with Gasteiger partial charge in [0.25, 0.3) is 5.91 Å². The molecular formula is C21H16N2O2S. The van der Waals surface area contributed by atoms with Crippen molar-refractivity contribution in [1.29, 1.82) is 0 Å². The Morgan fingerprint density at radius 2 is 1.65 bits per heavy atom. The molecule has 0 aliphatic carbocycles. The second kappa shape index (κ2) is 7.37. The van der Waals surface area contributed by atoms with Crippen molar-refractivity contribution < 1.29 is 9.21 Å². The molecule has 0 saturated carbocycles. The van der Waals surface area contributed by atoms with Crippen molar-refractivity contribution in [3.8, 4) is 22.4 Å². The van der Waals surface area contributed by atoms with Crippen molar-refractivity contribution in [2.45, 2.75) is 6.54 Å². The maximum absolute atomic E-state index is 12.5. The molecule has 5 heteroatoms. The Morgan fingerprint density at radius 1 is 0.962 bits per heavy atom. The van der Waals surface area contributed by atoms with E-state index in [4.69, 9.17) is 4.42 Å². The molecule has 0 spiro atoms. The van der Waals surface area contributed by atoms with E-state index in [0.717, 1.165) is 27.4 Å². The highest BCUT2D eigenvalue weighted by Gasteiger charge is 2.17. The summed E-state index contributed by atoms with van der Waals surface area (Å²) < 4.78 is 5.41. The molecule has 0 saturated heterocycles. The second-order valence-electron chi connectivity index (χ2n) is 5.70. The molecule has 0 unspecified atom stereocenters. The number of nitrogens with zero attached hydrogens (tertiary/aromatic N) is 1. The lowest BCUT2D eigenvalue weighted by Crippen LogP contribution is -2.22. The average molecular weight is 360 g/mol. The monoisotopic (exact) mass is 360 g/mol. The van der Waals surface area contributed by atoms with Gasteiger partial charge in [0.15, 0.2) is 5.76 Å². The first kappa shape index (κ1) is 16.3. The molecule has 0 aliphatic rings. The molecule has 26 heavy (non-hydrogen) atoms. The van der Waals surface area contributed by atoms with Gasteiger partial charge in [0.1, 0.15) is 5.01 Å². The summed E-state index contributed by atoms with van der Waals surface area (Å²) in [4.78, 5) is 17.1. The Hall–Kier alpha value is -3.18. The fourth-order valence-corrected chi connectivity index (χ4v) is 3.44. The molecular weight excluding hydrogens is 344 g/mol. The molecule has 0 fully saturated rings. The van der Waals surface area contributed by atoms with Gasteiger partial charge in [0.2, 0.25) is 0 Å². The highest BCUT2D eigenvalue weighted by Crippen LogP contribution is 2.25. The van der Waals surface area contributed by atoms with E-state index in [2.05, 4.69) is 10.3 Å². The van der Waals surface area contributed by atoms with Crippen LogP contribution in [0.1, 0.15) is 15.6 Å². The first-order valence-corrected chi connectivity index (χ1v) is 9.10. The van der Waals surface area contributed by atoms with Crippen LogP contribution in [0.25, 0.3) is 22.4 Å². The van der Waals surface area contributed by atoms with Gasteiger partial charge in [-0.15, -0.1) is 11.3 Å². The first-order chi connectivity index (χ1) is 12.8. The summed E-state index contributed by atoms with van der Waals surface area (Å²) in [6, 6.07) is 21.5. The zero-order chi connectivity index (χ0) is 17.8. The number of aromatic nitrogens is 1. The first-order valence-electron chi connectivity index (χ1n) is 8.22. The number of nitrogens with one attached hydrogen (secondary N) is 1. The van der Waals surface area contributed by atoms with Gasteiger partial charge in [-0.3, -0.25) is 4.79 Å². The van der Waals surface area contributed by atoms with Gasteiger partial charge in [-0.2, -0.15) is 0 Å². The molecule has 0 radical (unpaired) electrons. The third kappa shape index (κ3) is 3.43. The highest BCUT2D eigenvalue weighted by atomic mass is 32.1. The molecule has 2 aromatic heterocycles. The normalized spacial score (nSPS) is 10.6. The molecule has 4 aromatic rings. The van der Waals surface area contributed by atoms with Crippen molar-refractivity contribution in [2.24, 2.45) is 0 Å². The molecule has 1 amide bonds. The molecule has 4 rings (SSSR count). The molecule has 1 N–H and O–H groups in total. The minimum absolute atomic E-state index is 0.245. The second-order valence-corrected chi connectivity index (χ2v) is 6.65. The number of carbonyl (C=O) groups is 1. The van der Waals surface area contributed by atoms with Crippen LogP contribution >= 0.6 is 11.3 Å². The van der Waals surface area contributed by atoms with E-state index in [1.54, 1.807) is 6.07 Å². The predicted octanol–water partition coefficient (Wildman–Crippen LogP) is 5.00. The topological polar surface area (TPSA) is 55.1 Å². The van der Waals surface area contributed by atoms with Crippen LogP contribution in [0.4, 0.5) is 0 Å². The molecule has 2 aromatic carbocycles. The molecule has 0 bridgehead atoms. The van der Waals surface area contributed by atoms with Gasteiger partial charge < -0.3 is 9.73 Å². The fraction of sp³-hybridized carbons (Fsp3) is 0.0476. The predicted molar refractivity (Wildman–Crippen MR) is 103 cm³/mol. The van der Waals surface area contributed by atoms with Crippen LogP contribution in [0, 0.1) is 0 Å². The Labute approximate surface area is 155 Å². The summed E-state index contributed by atoms with van der Waals surface area (Å²) in [5, 5.41) is 5.74. The summed E-state index contributed by atoms with van der Waals surface area (Å²) in [5.74, 6) is 0.0707. The van der Waals surface area contributed by atoms with Gasteiger partial charge in [-0.1, -0.05) is 60.7 Å². The SMILES string of the molecule is O=C(NCc1nc(-c2ccccc2)cs1)c1occc1-c1ccccc1. The van der Waals surface area contributed by atoms with E-state index in [1.165, 1.54) is 17.6 Å². The van der Waals surface area contributed by atoms with E-state index in [9.17, 15) is 4.79 Å². The lowest BCUT2D eigenvalue weighted by atomic mass is 10.1. The van der Waals surface area contributed by atoms with Crippen molar-refractivity contribution in [1.82, 2.24) is 10.3 Å². The van der Waals surface area contributed by atoms with Crippen molar-refractivity contribution in [2.75, 3.05) is 0 Å². The van der Waals surface area contributed by atoms with Crippen LogP contribution in [-0.2, 0) is 6.54 Å². The highest BCUT2D eigenvalue weighted by molar-refractivity contribution is 7.09. The van der Waals surface area contributed by atoms with Crippen molar-refractivity contribution >= 4 is 17.2 Å². The van der Waals surface area contributed by atoms with Crippen molar-refractivity contribution in [3.63, 3.8) is 0 Å². The fourth-order valence-electron chi connectivity index (χ4n) is 2.70. The largest absolute Gasteiger partial charge is 0.459 e. The van der Waals surface area contributed by atoms with Crippen LogP contribution in [0.5, 0.6) is 0 Å². The standard InChI is InChI=1S/C21H16N2O2S/c24-21(20-17(11-12-25-20)15-7-3-1-4-8-15)22-13-19-23-18(14-26-19)16-9-5-2-6-10-16/h1-12,14H,13H2,(H,22,24). The number of thiazole rings is 1. The third-order valence-electron chi connectivity index (χ3n) is 3.98. The van der Waals surface area contributed by atoms with Gasteiger partial charge in [0, 0.05) is 16.5 Å². The number of amides is 1. The van der Waals surface area contributed by atoms with Crippen LogP contribution in [0.2, 0.25) is 0 Å². The van der Waals surface area contributed by atoms with Crippen LogP contribution in [0.15, 0.2) is 82.8 Å².